The molecule has 2 N–H and O–H groups in total. The Morgan fingerprint density at radius 1 is 1.28 bits per heavy atom. The fourth-order valence-electron chi connectivity index (χ4n) is 3.19. The summed E-state index contributed by atoms with van der Waals surface area (Å²) in [5.74, 6) is 0.915. The molecule has 0 amide bonds. The molecule has 0 spiro atoms. The van der Waals surface area contributed by atoms with Crippen molar-refractivity contribution in [2.24, 2.45) is 11.7 Å². The van der Waals surface area contributed by atoms with Crippen molar-refractivity contribution in [2.75, 3.05) is 33.4 Å². The Hall–Kier alpha value is -0.120. The van der Waals surface area contributed by atoms with Gasteiger partial charge in [-0.25, -0.2) is 0 Å². The number of rotatable bonds is 7. The zero-order valence-electron chi connectivity index (χ0n) is 12.6. The summed E-state index contributed by atoms with van der Waals surface area (Å²) >= 11 is 0. The second-order valence-electron chi connectivity index (χ2n) is 5.75. The van der Waals surface area contributed by atoms with E-state index in [0.717, 1.165) is 32.2 Å². The van der Waals surface area contributed by atoms with Crippen LogP contribution in [-0.2, 0) is 4.74 Å². The Balaban J connectivity index is 2.54. The van der Waals surface area contributed by atoms with Crippen LogP contribution in [0.1, 0.15) is 52.4 Å². The topological polar surface area (TPSA) is 38.5 Å². The van der Waals surface area contributed by atoms with E-state index in [4.69, 9.17) is 10.5 Å². The normalized spacial score (nSPS) is 29.5. The molecule has 1 rings (SSSR count). The molecular weight excluding hydrogens is 224 g/mol. The molecule has 3 nitrogen and oxygen atoms in total. The molecule has 1 fully saturated rings. The highest BCUT2D eigenvalue weighted by Gasteiger charge is 2.34. The highest BCUT2D eigenvalue weighted by atomic mass is 16.5. The summed E-state index contributed by atoms with van der Waals surface area (Å²) in [6, 6.07) is 0. The van der Waals surface area contributed by atoms with Crippen LogP contribution in [0.15, 0.2) is 0 Å². The molecule has 2 atom stereocenters. The van der Waals surface area contributed by atoms with Gasteiger partial charge in [0.25, 0.3) is 0 Å². The SMILES string of the molecule is CCOCCN(C)C1(CN)CCCC(CC)CC1. The molecule has 3 heteroatoms. The Bertz CT molecular complexity index is 223. The molecule has 0 radical (unpaired) electrons. The lowest BCUT2D eigenvalue weighted by molar-refractivity contribution is 0.0579. The zero-order valence-corrected chi connectivity index (χ0v) is 12.6. The minimum Gasteiger partial charge on any atom is -0.380 e. The first-order valence-corrected chi connectivity index (χ1v) is 7.67. The van der Waals surface area contributed by atoms with Crippen molar-refractivity contribution in [3.05, 3.63) is 0 Å². The molecule has 0 bridgehead atoms. The Morgan fingerprint density at radius 2 is 2.06 bits per heavy atom. The summed E-state index contributed by atoms with van der Waals surface area (Å²) in [4.78, 5) is 2.46. The summed E-state index contributed by atoms with van der Waals surface area (Å²) in [7, 11) is 2.22. The minimum atomic E-state index is 0.223. The van der Waals surface area contributed by atoms with Gasteiger partial charge in [0, 0.05) is 25.2 Å². The van der Waals surface area contributed by atoms with Crippen molar-refractivity contribution in [3.8, 4) is 0 Å². The number of hydrogen-bond donors (Lipinski definition) is 1. The molecule has 0 saturated heterocycles. The molecule has 1 saturated carbocycles. The van der Waals surface area contributed by atoms with Crippen LogP contribution in [0.2, 0.25) is 0 Å². The summed E-state index contributed by atoms with van der Waals surface area (Å²) in [6.45, 7) is 7.79. The lowest BCUT2D eigenvalue weighted by Gasteiger charge is -2.41. The van der Waals surface area contributed by atoms with Gasteiger partial charge in [0.1, 0.15) is 0 Å². The lowest BCUT2D eigenvalue weighted by atomic mass is 9.87. The van der Waals surface area contributed by atoms with Crippen LogP contribution in [0.3, 0.4) is 0 Å². The number of hydrogen-bond acceptors (Lipinski definition) is 3. The van der Waals surface area contributed by atoms with Crippen molar-refractivity contribution >= 4 is 0 Å². The second-order valence-corrected chi connectivity index (χ2v) is 5.75. The van der Waals surface area contributed by atoms with Crippen molar-refractivity contribution in [1.29, 1.82) is 0 Å². The summed E-state index contributed by atoms with van der Waals surface area (Å²) < 4.78 is 5.48. The maximum atomic E-state index is 6.12. The van der Waals surface area contributed by atoms with Crippen molar-refractivity contribution in [3.63, 3.8) is 0 Å². The van der Waals surface area contributed by atoms with Gasteiger partial charge in [-0.15, -0.1) is 0 Å². The summed E-state index contributed by atoms with van der Waals surface area (Å²) in [5.41, 5.74) is 6.34. The third kappa shape index (κ3) is 4.22. The third-order valence-electron chi connectivity index (χ3n) is 4.81. The Morgan fingerprint density at radius 3 is 2.67 bits per heavy atom. The Kier molecular flexibility index (Phi) is 7.20. The van der Waals surface area contributed by atoms with Gasteiger partial charge < -0.3 is 10.5 Å². The molecule has 0 aromatic carbocycles. The molecule has 0 aromatic rings. The molecule has 2 unspecified atom stereocenters. The highest BCUT2D eigenvalue weighted by molar-refractivity contribution is 4.92. The van der Waals surface area contributed by atoms with Gasteiger partial charge in [0.2, 0.25) is 0 Å². The molecule has 108 valence electrons. The fourth-order valence-corrected chi connectivity index (χ4v) is 3.19. The van der Waals surface area contributed by atoms with E-state index in [-0.39, 0.29) is 5.54 Å². The average Bonchev–Trinajstić information content (AvgIpc) is 2.61. The molecule has 1 aliphatic rings. The van der Waals surface area contributed by atoms with Crippen molar-refractivity contribution < 1.29 is 4.74 Å². The van der Waals surface area contributed by atoms with Crippen LogP contribution in [0, 0.1) is 5.92 Å². The van der Waals surface area contributed by atoms with Crippen molar-refractivity contribution in [1.82, 2.24) is 4.90 Å². The predicted octanol–water partition coefficient (Wildman–Crippen LogP) is 2.64. The van der Waals surface area contributed by atoms with E-state index in [9.17, 15) is 0 Å². The lowest BCUT2D eigenvalue weighted by Crippen LogP contribution is -2.52. The first-order valence-electron chi connectivity index (χ1n) is 7.67. The summed E-state index contributed by atoms with van der Waals surface area (Å²) in [5, 5.41) is 0. The van der Waals surface area contributed by atoms with E-state index >= 15 is 0 Å². The predicted molar refractivity (Wildman–Crippen MR) is 77.8 cm³/mol. The maximum absolute atomic E-state index is 6.12. The smallest absolute Gasteiger partial charge is 0.0593 e. The van der Waals surface area contributed by atoms with Gasteiger partial charge in [0.05, 0.1) is 6.61 Å². The van der Waals surface area contributed by atoms with E-state index in [1.807, 2.05) is 0 Å². The fraction of sp³-hybridized carbons (Fsp3) is 1.00. The first-order chi connectivity index (χ1) is 8.68. The quantitative estimate of drug-likeness (QED) is 0.562. The molecule has 0 aromatic heterocycles. The van der Waals surface area contributed by atoms with E-state index in [1.165, 1.54) is 38.5 Å². The minimum absolute atomic E-state index is 0.223. The molecular formula is C15H32N2O. The van der Waals surface area contributed by atoms with Crippen molar-refractivity contribution in [2.45, 2.75) is 57.9 Å². The number of likely N-dealkylation sites (N-methyl/N-ethyl adjacent to an activating group) is 1. The van der Waals surface area contributed by atoms with E-state index < -0.39 is 0 Å². The zero-order chi connectivity index (χ0) is 13.4. The average molecular weight is 256 g/mol. The third-order valence-corrected chi connectivity index (χ3v) is 4.81. The van der Waals surface area contributed by atoms with Crippen LogP contribution in [0.25, 0.3) is 0 Å². The van der Waals surface area contributed by atoms with Crippen LogP contribution >= 0.6 is 0 Å². The molecule has 1 aliphatic carbocycles. The second kappa shape index (κ2) is 8.13. The van der Waals surface area contributed by atoms with Crippen LogP contribution in [0.5, 0.6) is 0 Å². The summed E-state index contributed by atoms with van der Waals surface area (Å²) in [6.07, 6.45) is 7.88. The van der Waals surface area contributed by atoms with E-state index in [1.54, 1.807) is 0 Å². The van der Waals surface area contributed by atoms with Crippen LogP contribution < -0.4 is 5.73 Å². The molecule has 18 heavy (non-hydrogen) atoms. The van der Waals surface area contributed by atoms with Gasteiger partial charge in [0.15, 0.2) is 0 Å². The van der Waals surface area contributed by atoms with E-state index in [0.29, 0.717) is 0 Å². The highest BCUT2D eigenvalue weighted by Crippen LogP contribution is 2.34. The van der Waals surface area contributed by atoms with Gasteiger partial charge in [-0.1, -0.05) is 26.2 Å². The van der Waals surface area contributed by atoms with Gasteiger partial charge in [-0.05, 0) is 39.2 Å². The van der Waals surface area contributed by atoms with E-state index in [2.05, 4.69) is 25.8 Å². The maximum Gasteiger partial charge on any atom is 0.0593 e. The standard InChI is InChI=1S/C15H32N2O/c1-4-14-7-6-9-15(13-16,10-8-14)17(3)11-12-18-5-2/h14H,4-13,16H2,1-3H3. The van der Waals surface area contributed by atoms with Gasteiger partial charge >= 0.3 is 0 Å². The Labute approximate surface area is 113 Å². The largest absolute Gasteiger partial charge is 0.380 e. The van der Waals surface area contributed by atoms with Gasteiger partial charge in [-0.3, -0.25) is 4.90 Å². The molecule has 0 aliphatic heterocycles. The number of nitrogens with zero attached hydrogens (tertiary/aromatic N) is 1. The number of ether oxygens (including phenoxy) is 1. The number of nitrogens with two attached hydrogens (primary N) is 1. The first kappa shape index (κ1) is 15.9. The van der Waals surface area contributed by atoms with Crippen LogP contribution in [-0.4, -0.2) is 43.8 Å². The molecule has 0 heterocycles. The van der Waals surface area contributed by atoms with Crippen LogP contribution in [0.4, 0.5) is 0 Å². The van der Waals surface area contributed by atoms with Gasteiger partial charge in [-0.2, -0.15) is 0 Å². The monoisotopic (exact) mass is 256 g/mol.